The van der Waals surface area contributed by atoms with Crippen molar-refractivity contribution in [3.05, 3.63) is 59.8 Å². The lowest BCUT2D eigenvalue weighted by atomic mass is 9.93. The van der Waals surface area contributed by atoms with Gasteiger partial charge in [-0.25, -0.2) is 24.7 Å². The minimum atomic E-state index is -0.577. The SMILES string of the molecule is Cc1ccnc(Oc2ccc(-c3c(C4=CCN(C(=O)OC(C)(C)C)CC4)n(C)c4ncnc(N)c34)c(C=O)c2)n1. The number of hydrogen-bond acceptors (Lipinski definition) is 9. The third kappa shape index (κ3) is 5.22. The molecule has 0 fully saturated rings. The Bertz CT molecular complexity index is 1650. The van der Waals surface area contributed by atoms with Gasteiger partial charge < -0.3 is 24.7 Å². The van der Waals surface area contributed by atoms with Crippen molar-refractivity contribution in [1.29, 1.82) is 0 Å². The molecule has 11 nitrogen and oxygen atoms in total. The molecular formula is C29H31N7O4. The number of aldehydes is 1. The van der Waals surface area contributed by atoms with Gasteiger partial charge in [0.1, 0.15) is 29.1 Å². The van der Waals surface area contributed by atoms with Crippen molar-refractivity contribution in [3.8, 4) is 22.9 Å². The molecule has 4 heterocycles. The van der Waals surface area contributed by atoms with E-state index in [0.717, 1.165) is 28.8 Å². The summed E-state index contributed by atoms with van der Waals surface area (Å²) in [5.74, 6) is 0.728. The van der Waals surface area contributed by atoms with Crippen LogP contribution in [0.5, 0.6) is 11.8 Å². The number of amides is 1. The number of aromatic nitrogens is 5. The molecule has 1 amide bonds. The quantitative estimate of drug-likeness (QED) is 0.348. The maximum atomic E-state index is 12.6. The van der Waals surface area contributed by atoms with Crippen molar-refractivity contribution in [3.63, 3.8) is 0 Å². The Morgan fingerprint density at radius 3 is 2.62 bits per heavy atom. The summed E-state index contributed by atoms with van der Waals surface area (Å²) in [7, 11) is 1.90. The molecule has 0 spiro atoms. The number of aryl methyl sites for hydroxylation is 2. The molecule has 0 bridgehead atoms. The number of ether oxygens (including phenoxy) is 2. The zero-order chi connectivity index (χ0) is 28.6. The van der Waals surface area contributed by atoms with Gasteiger partial charge in [-0.1, -0.05) is 6.08 Å². The summed E-state index contributed by atoms with van der Waals surface area (Å²) < 4.78 is 13.3. The highest BCUT2D eigenvalue weighted by molar-refractivity contribution is 6.08. The number of nitrogens with two attached hydrogens (primary N) is 1. The molecule has 0 aliphatic carbocycles. The van der Waals surface area contributed by atoms with E-state index in [1.54, 1.807) is 29.3 Å². The summed E-state index contributed by atoms with van der Waals surface area (Å²) in [6.45, 7) is 8.24. The van der Waals surface area contributed by atoms with E-state index in [9.17, 15) is 9.59 Å². The van der Waals surface area contributed by atoms with Crippen LogP contribution in [0.15, 0.2) is 42.9 Å². The van der Waals surface area contributed by atoms with Crippen molar-refractivity contribution >= 4 is 34.8 Å². The Morgan fingerprint density at radius 2 is 1.95 bits per heavy atom. The topological polar surface area (TPSA) is 138 Å². The van der Waals surface area contributed by atoms with E-state index >= 15 is 0 Å². The fourth-order valence-electron chi connectivity index (χ4n) is 4.80. The number of carbonyl (C=O) groups is 2. The lowest BCUT2D eigenvalue weighted by Crippen LogP contribution is -2.39. The summed E-state index contributed by atoms with van der Waals surface area (Å²) >= 11 is 0. The molecule has 3 aromatic heterocycles. The third-order valence-electron chi connectivity index (χ3n) is 6.56. The van der Waals surface area contributed by atoms with Gasteiger partial charge in [0.15, 0.2) is 6.29 Å². The molecule has 206 valence electrons. The van der Waals surface area contributed by atoms with E-state index in [-0.39, 0.29) is 12.1 Å². The van der Waals surface area contributed by atoms with Crippen molar-refractivity contribution in [2.75, 3.05) is 18.8 Å². The van der Waals surface area contributed by atoms with Crippen LogP contribution >= 0.6 is 0 Å². The highest BCUT2D eigenvalue weighted by atomic mass is 16.6. The van der Waals surface area contributed by atoms with Crippen LogP contribution in [0.2, 0.25) is 0 Å². The predicted octanol–water partition coefficient (Wildman–Crippen LogP) is 4.94. The van der Waals surface area contributed by atoms with Crippen LogP contribution in [0.25, 0.3) is 27.7 Å². The van der Waals surface area contributed by atoms with Gasteiger partial charge >= 0.3 is 12.1 Å². The normalized spacial score (nSPS) is 13.7. The van der Waals surface area contributed by atoms with Crippen molar-refractivity contribution in [2.45, 2.75) is 39.7 Å². The second kappa shape index (κ2) is 10.4. The van der Waals surface area contributed by atoms with Crippen molar-refractivity contribution in [1.82, 2.24) is 29.4 Å². The largest absolute Gasteiger partial charge is 0.444 e. The molecule has 4 aromatic rings. The maximum absolute atomic E-state index is 12.6. The monoisotopic (exact) mass is 541 g/mol. The molecule has 1 aliphatic heterocycles. The van der Waals surface area contributed by atoms with Gasteiger partial charge in [-0.3, -0.25) is 4.79 Å². The fraction of sp³-hybridized carbons (Fsp3) is 0.310. The number of fused-ring (bicyclic) bond motifs is 1. The van der Waals surface area contributed by atoms with E-state index < -0.39 is 5.60 Å². The highest BCUT2D eigenvalue weighted by Crippen LogP contribution is 2.42. The number of anilines is 1. The van der Waals surface area contributed by atoms with Crippen LogP contribution in [-0.2, 0) is 11.8 Å². The molecule has 5 rings (SSSR count). The molecule has 0 radical (unpaired) electrons. The Morgan fingerprint density at radius 1 is 1.15 bits per heavy atom. The minimum absolute atomic E-state index is 0.190. The van der Waals surface area contributed by atoms with Crippen LogP contribution in [0.4, 0.5) is 10.6 Å². The molecule has 0 saturated carbocycles. The molecule has 0 saturated heterocycles. The lowest BCUT2D eigenvalue weighted by molar-refractivity contribution is 0.0270. The molecule has 11 heteroatoms. The molecule has 1 aromatic carbocycles. The van der Waals surface area contributed by atoms with Crippen LogP contribution in [0.3, 0.4) is 0 Å². The first-order valence-electron chi connectivity index (χ1n) is 12.9. The summed E-state index contributed by atoms with van der Waals surface area (Å²) in [5.41, 5.74) is 10.9. The van der Waals surface area contributed by atoms with Gasteiger partial charge in [0.25, 0.3) is 0 Å². The first kappa shape index (κ1) is 26.8. The average Bonchev–Trinajstić information content (AvgIpc) is 3.21. The van der Waals surface area contributed by atoms with Gasteiger partial charge in [-0.2, -0.15) is 0 Å². The van der Waals surface area contributed by atoms with Gasteiger partial charge in [0, 0.05) is 43.2 Å². The van der Waals surface area contributed by atoms with Gasteiger partial charge in [0.2, 0.25) is 0 Å². The Kier molecular flexibility index (Phi) is 6.97. The Labute approximate surface area is 231 Å². The standard InChI is InChI=1S/C29H31N7O4/c1-17-8-11-31-27(34-17)39-20-6-7-21(19(14-20)15-37)22-23-25(30)32-16-33-26(23)35(5)24(22)18-9-12-36(13-10-18)28(38)40-29(2,3)4/h6-9,11,14-16H,10,12-13H2,1-5H3,(H2,30,32,33). The van der Waals surface area contributed by atoms with E-state index in [2.05, 4.69) is 19.9 Å². The van der Waals surface area contributed by atoms with E-state index in [0.29, 0.717) is 53.2 Å². The maximum Gasteiger partial charge on any atom is 0.410 e. The van der Waals surface area contributed by atoms with Crippen LogP contribution < -0.4 is 10.5 Å². The zero-order valence-corrected chi connectivity index (χ0v) is 23.1. The number of rotatable bonds is 5. The molecular weight excluding hydrogens is 510 g/mol. The molecule has 0 atom stereocenters. The number of carbonyl (C=O) groups excluding carboxylic acids is 2. The number of nitrogen functional groups attached to an aromatic ring is 1. The first-order chi connectivity index (χ1) is 19.1. The summed E-state index contributed by atoms with van der Waals surface area (Å²) in [5, 5.41) is 0.647. The molecule has 40 heavy (non-hydrogen) atoms. The van der Waals surface area contributed by atoms with Gasteiger partial charge in [-0.15, -0.1) is 0 Å². The van der Waals surface area contributed by atoms with E-state index in [4.69, 9.17) is 15.2 Å². The van der Waals surface area contributed by atoms with E-state index in [1.807, 2.05) is 51.5 Å². The second-order valence-corrected chi connectivity index (χ2v) is 10.6. The fourth-order valence-corrected chi connectivity index (χ4v) is 4.80. The summed E-state index contributed by atoms with van der Waals surface area (Å²) in [4.78, 5) is 43.8. The smallest absolute Gasteiger partial charge is 0.410 e. The van der Waals surface area contributed by atoms with Crippen LogP contribution in [0.1, 0.15) is 48.9 Å². The lowest BCUT2D eigenvalue weighted by Gasteiger charge is -2.30. The molecule has 1 aliphatic rings. The van der Waals surface area contributed by atoms with Gasteiger partial charge in [0.05, 0.1) is 11.1 Å². The van der Waals surface area contributed by atoms with Crippen LogP contribution in [-0.4, -0.2) is 60.5 Å². The number of benzene rings is 1. The van der Waals surface area contributed by atoms with Crippen molar-refractivity contribution in [2.24, 2.45) is 7.05 Å². The van der Waals surface area contributed by atoms with Crippen LogP contribution in [0, 0.1) is 6.92 Å². The molecule has 0 unspecified atom stereocenters. The first-order valence-corrected chi connectivity index (χ1v) is 12.9. The molecule has 2 N–H and O–H groups in total. The number of hydrogen-bond donors (Lipinski definition) is 1. The van der Waals surface area contributed by atoms with Gasteiger partial charge in [-0.05, 0) is 69.5 Å². The number of nitrogens with zero attached hydrogens (tertiary/aromatic N) is 6. The Hall–Kier alpha value is -4.80. The Balaban J connectivity index is 1.59. The highest BCUT2D eigenvalue weighted by Gasteiger charge is 2.28. The summed E-state index contributed by atoms with van der Waals surface area (Å²) in [6, 6.07) is 7.19. The van der Waals surface area contributed by atoms with E-state index in [1.165, 1.54) is 6.33 Å². The summed E-state index contributed by atoms with van der Waals surface area (Å²) in [6.07, 6.45) is 6.03. The third-order valence-corrected chi connectivity index (χ3v) is 6.56. The van der Waals surface area contributed by atoms with Crippen molar-refractivity contribution < 1.29 is 19.1 Å². The predicted molar refractivity (Wildman–Crippen MR) is 151 cm³/mol. The minimum Gasteiger partial charge on any atom is -0.444 e. The zero-order valence-electron chi connectivity index (χ0n) is 23.1. The second-order valence-electron chi connectivity index (χ2n) is 10.6. The average molecular weight is 542 g/mol.